The van der Waals surface area contributed by atoms with Gasteiger partial charge >= 0.3 is 0 Å². The zero-order valence-electron chi connectivity index (χ0n) is 12.5. The van der Waals surface area contributed by atoms with Crippen molar-refractivity contribution < 1.29 is 42.2 Å². The van der Waals surface area contributed by atoms with Crippen LogP contribution in [0.15, 0.2) is 41.3 Å². The van der Waals surface area contributed by atoms with Crippen LogP contribution in [0.2, 0.25) is 0 Å². The summed E-state index contributed by atoms with van der Waals surface area (Å²) in [6.45, 7) is 0. The number of aromatic nitrogens is 1. The lowest BCUT2D eigenvalue weighted by Gasteiger charge is -2.38. The molecule has 25 heavy (non-hydrogen) atoms. The smallest absolute Gasteiger partial charge is 0.295 e. The van der Waals surface area contributed by atoms with Gasteiger partial charge < -0.3 is 29.2 Å². The second-order valence-electron chi connectivity index (χ2n) is 5.34. The molecule has 1 unspecified atom stereocenters. The molecule has 5 atom stereocenters. The summed E-state index contributed by atoms with van der Waals surface area (Å²) < 4.78 is 47.1. The number of aliphatic hydroxyl groups excluding tert-OH is 3. The Bertz CT molecular complexity index is 823. The first-order chi connectivity index (χ1) is 11.8. The van der Waals surface area contributed by atoms with Crippen LogP contribution in [0, 0.1) is 0 Å². The molecule has 10 nitrogen and oxygen atoms in total. The van der Waals surface area contributed by atoms with Crippen molar-refractivity contribution >= 4 is 10.1 Å². The predicted octanol–water partition coefficient (Wildman–Crippen LogP) is -0.627. The van der Waals surface area contributed by atoms with E-state index in [1.807, 2.05) is 0 Å². The standard InChI is InChI=1S/C14H15NO9S/c16-10-11(17)13(24-14(12(10)18)25(19,20)21)23-8-2-1-4-15-9(8)7-3-5-22-6-7/h1-6,10-14,16-18H,(H,19,20,21)/t10-,11-,12+,13-,14?/m1/s1. The molecule has 0 radical (unpaired) electrons. The molecule has 4 N–H and O–H groups in total. The fraction of sp³-hybridized carbons (Fsp3) is 0.357. The van der Waals surface area contributed by atoms with Gasteiger partial charge in [-0.05, 0) is 18.2 Å². The average Bonchev–Trinajstić information content (AvgIpc) is 3.09. The van der Waals surface area contributed by atoms with E-state index in [-0.39, 0.29) is 5.75 Å². The Morgan fingerprint density at radius 3 is 2.52 bits per heavy atom. The third kappa shape index (κ3) is 3.51. The summed E-state index contributed by atoms with van der Waals surface area (Å²) in [6.07, 6.45) is -3.13. The molecule has 11 heteroatoms. The molecule has 2 aromatic rings. The fourth-order valence-electron chi connectivity index (χ4n) is 2.39. The Morgan fingerprint density at radius 1 is 1.12 bits per heavy atom. The van der Waals surface area contributed by atoms with Gasteiger partial charge in [0.1, 0.15) is 29.8 Å². The Balaban J connectivity index is 1.90. The van der Waals surface area contributed by atoms with Gasteiger partial charge in [0.25, 0.3) is 10.1 Å². The van der Waals surface area contributed by atoms with Crippen molar-refractivity contribution in [2.45, 2.75) is 30.0 Å². The number of furan rings is 1. The highest BCUT2D eigenvalue weighted by Crippen LogP contribution is 2.32. The van der Waals surface area contributed by atoms with Crippen LogP contribution in [0.5, 0.6) is 5.75 Å². The highest BCUT2D eigenvalue weighted by atomic mass is 32.2. The molecule has 0 saturated carbocycles. The minimum Gasteiger partial charge on any atom is -0.472 e. The van der Waals surface area contributed by atoms with Crippen LogP contribution in [0.25, 0.3) is 11.3 Å². The van der Waals surface area contributed by atoms with Crippen molar-refractivity contribution in [1.82, 2.24) is 4.98 Å². The summed E-state index contributed by atoms with van der Waals surface area (Å²) >= 11 is 0. The SMILES string of the molecule is O=S(=O)(O)C1O[C@@H](Oc2cccnc2-c2ccoc2)[C@H](O)[C@@H](O)[C@@H]1O. The molecule has 0 aromatic carbocycles. The van der Waals surface area contributed by atoms with Crippen molar-refractivity contribution in [2.24, 2.45) is 0 Å². The van der Waals surface area contributed by atoms with Crippen LogP contribution in [-0.4, -0.2) is 63.3 Å². The van der Waals surface area contributed by atoms with Crippen LogP contribution >= 0.6 is 0 Å². The Morgan fingerprint density at radius 2 is 1.88 bits per heavy atom. The van der Waals surface area contributed by atoms with Crippen LogP contribution < -0.4 is 4.74 Å². The lowest BCUT2D eigenvalue weighted by atomic mass is 10.1. The van der Waals surface area contributed by atoms with E-state index in [1.165, 1.54) is 30.9 Å². The van der Waals surface area contributed by atoms with Gasteiger partial charge in [-0.25, -0.2) is 0 Å². The molecule has 0 spiro atoms. The quantitative estimate of drug-likeness (QED) is 0.508. The molecule has 1 saturated heterocycles. The lowest BCUT2D eigenvalue weighted by Crippen LogP contribution is -2.61. The molecular weight excluding hydrogens is 358 g/mol. The molecule has 136 valence electrons. The molecule has 1 aliphatic heterocycles. The third-order valence-electron chi connectivity index (χ3n) is 3.63. The molecule has 1 aliphatic rings. The number of ether oxygens (including phenoxy) is 2. The van der Waals surface area contributed by atoms with E-state index in [2.05, 4.69) is 4.98 Å². The van der Waals surface area contributed by atoms with Crippen LogP contribution in [0.3, 0.4) is 0 Å². The van der Waals surface area contributed by atoms with Crippen molar-refractivity contribution in [1.29, 1.82) is 0 Å². The van der Waals surface area contributed by atoms with E-state index in [9.17, 15) is 23.7 Å². The van der Waals surface area contributed by atoms with E-state index in [0.29, 0.717) is 11.3 Å². The maximum absolute atomic E-state index is 11.3. The summed E-state index contributed by atoms with van der Waals surface area (Å²) in [5.74, 6) is 0.102. The molecule has 0 amide bonds. The van der Waals surface area contributed by atoms with E-state index in [1.54, 1.807) is 6.07 Å². The first-order valence-corrected chi connectivity index (χ1v) is 8.59. The molecule has 3 heterocycles. The van der Waals surface area contributed by atoms with E-state index >= 15 is 0 Å². The fourth-order valence-corrected chi connectivity index (χ4v) is 3.15. The lowest BCUT2D eigenvalue weighted by molar-refractivity contribution is -0.254. The zero-order valence-corrected chi connectivity index (χ0v) is 13.4. The van der Waals surface area contributed by atoms with Gasteiger partial charge in [-0.15, -0.1) is 0 Å². The van der Waals surface area contributed by atoms with Crippen LogP contribution in [0.1, 0.15) is 0 Å². The van der Waals surface area contributed by atoms with Gasteiger partial charge in [0, 0.05) is 11.8 Å². The van der Waals surface area contributed by atoms with Gasteiger partial charge in [-0.1, -0.05) is 0 Å². The molecule has 3 rings (SSSR count). The van der Waals surface area contributed by atoms with Crippen molar-refractivity contribution in [3.05, 3.63) is 36.9 Å². The molecule has 1 fully saturated rings. The summed E-state index contributed by atoms with van der Waals surface area (Å²) in [5.41, 5.74) is -1.31. The normalized spacial score (nSPS) is 30.2. The van der Waals surface area contributed by atoms with Gasteiger partial charge in [0.15, 0.2) is 0 Å². The van der Waals surface area contributed by atoms with Gasteiger partial charge in [0.05, 0.1) is 12.5 Å². The minimum absolute atomic E-state index is 0.102. The van der Waals surface area contributed by atoms with Crippen molar-refractivity contribution in [2.75, 3.05) is 0 Å². The first-order valence-electron chi connectivity index (χ1n) is 7.09. The average molecular weight is 373 g/mol. The highest BCUT2D eigenvalue weighted by molar-refractivity contribution is 7.86. The molecular formula is C14H15NO9S. The molecule has 0 aliphatic carbocycles. The third-order valence-corrected chi connectivity index (χ3v) is 4.60. The summed E-state index contributed by atoms with van der Waals surface area (Å²) in [4.78, 5) is 4.11. The number of aliphatic hydroxyl groups is 3. The Labute approximate surface area is 142 Å². The van der Waals surface area contributed by atoms with Crippen molar-refractivity contribution in [3.63, 3.8) is 0 Å². The Kier molecular flexibility index (Phi) is 4.77. The van der Waals surface area contributed by atoms with E-state index in [0.717, 1.165) is 0 Å². The first kappa shape index (κ1) is 17.8. The van der Waals surface area contributed by atoms with Crippen molar-refractivity contribution in [3.8, 4) is 17.0 Å². The minimum atomic E-state index is -4.86. The second-order valence-corrected chi connectivity index (χ2v) is 6.83. The Hall–Kier alpha value is -2.02. The largest absolute Gasteiger partial charge is 0.472 e. The van der Waals surface area contributed by atoms with Gasteiger partial charge in [0.2, 0.25) is 11.7 Å². The highest BCUT2D eigenvalue weighted by Gasteiger charge is 2.50. The van der Waals surface area contributed by atoms with Crippen LogP contribution in [-0.2, 0) is 14.9 Å². The number of hydrogen-bond acceptors (Lipinski definition) is 9. The topological polar surface area (TPSA) is 160 Å². The summed E-state index contributed by atoms with van der Waals surface area (Å²) in [5, 5.41) is 29.5. The maximum Gasteiger partial charge on any atom is 0.295 e. The van der Waals surface area contributed by atoms with Gasteiger partial charge in [-0.2, -0.15) is 8.42 Å². The second kappa shape index (κ2) is 6.71. The van der Waals surface area contributed by atoms with E-state index in [4.69, 9.17) is 18.4 Å². The molecule has 0 bridgehead atoms. The predicted molar refractivity (Wildman–Crippen MR) is 80.8 cm³/mol. The summed E-state index contributed by atoms with van der Waals surface area (Å²) in [6, 6.07) is 4.61. The van der Waals surface area contributed by atoms with E-state index < -0.39 is 40.2 Å². The number of rotatable bonds is 4. The number of nitrogens with zero attached hydrogens (tertiary/aromatic N) is 1. The number of hydrogen-bond donors (Lipinski definition) is 4. The molecule has 2 aromatic heterocycles. The monoisotopic (exact) mass is 373 g/mol. The maximum atomic E-state index is 11.3. The summed E-state index contributed by atoms with van der Waals surface area (Å²) in [7, 11) is -4.86. The zero-order chi connectivity index (χ0) is 18.2. The van der Waals surface area contributed by atoms with Gasteiger partial charge in [-0.3, -0.25) is 9.54 Å². The van der Waals surface area contributed by atoms with Crippen LogP contribution in [0.4, 0.5) is 0 Å². The number of pyridine rings is 1.